The smallest absolute Gasteiger partial charge is 0.309 e. The minimum atomic E-state index is -0.887. The first-order chi connectivity index (χ1) is 13.4. The predicted molar refractivity (Wildman–Crippen MR) is 94.7 cm³/mol. The first-order valence-corrected chi connectivity index (χ1v) is 8.86. The molecule has 1 N–H and O–H groups in total. The van der Waals surface area contributed by atoms with E-state index in [2.05, 4.69) is 14.8 Å². The van der Waals surface area contributed by atoms with Crippen LogP contribution >= 0.6 is 0 Å². The monoisotopic (exact) mass is 399 g/mol. The van der Waals surface area contributed by atoms with E-state index in [1.807, 2.05) is 0 Å². The van der Waals surface area contributed by atoms with E-state index in [9.17, 15) is 24.5 Å². The minimum Gasteiger partial charge on any atom is -0.469 e. The Morgan fingerprint density at radius 3 is 2.61 bits per heavy atom. The lowest BCUT2D eigenvalue weighted by atomic mass is 9.95. The molecule has 0 bridgehead atoms. The number of nitrogens with one attached hydrogen (secondary N) is 1. The third-order valence-electron chi connectivity index (χ3n) is 3.83. The van der Waals surface area contributed by atoms with Gasteiger partial charge in [0.05, 0.1) is 26.0 Å². The maximum Gasteiger partial charge on any atom is 0.309 e. The van der Waals surface area contributed by atoms with Gasteiger partial charge in [0.15, 0.2) is 5.78 Å². The van der Waals surface area contributed by atoms with E-state index in [1.54, 1.807) is 6.20 Å². The van der Waals surface area contributed by atoms with E-state index in [4.69, 9.17) is 9.47 Å². The topological polar surface area (TPSA) is 151 Å². The Bertz CT molecular complexity index is 632. The summed E-state index contributed by atoms with van der Waals surface area (Å²) in [6, 6.07) is 0. The molecular weight excluding hydrogens is 374 g/mol. The van der Waals surface area contributed by atoms with Crippen LogP contribution in [0, 0.1) is 16.0 Å². The van der Waals surface area contributed by atoms with Crippen LogP contribution in [0.4, 0.5) is 0 Å². The highest BCUT2D eigenvalue weighted by atomic mass is 16.9. The average Bonchev–Trinajstić information content (AvgIpc) is 3.16. The number of hydrogen-bond donors (Lipinski definition) is 1. The number of esters is 1. The number of carbonyl (C=O) groups is 3. The van der Waals surface area contributed by atoms with E-state index in [-0.39, 0.29) is 50.6 Å². The van der Waals surface area contributed by atoms with Crippen LogP contribution in [0.3, 0.4) is 0 Å². The maximum absolute atomic E-state index is 12.1. The van der Waals surface area contributed by atoms with Crippen molar-refractivity contribution in [1.82, 2.24) is 9.97 Å². The van der Waals surface area contributed by atoms with Gasteiger partial charge in [-0.25, -0.2) is 4.98 Å². The molecule has 11 heteroatoms. The lowest BCUT2D eigenvalue weighted by molar-refractivity contribution is -0.757. The summed E-state index contributed by atoms with van der Waals surface area (Å²) in [5.74, 6) is -1.35. The Morgan fingerprint density at radius 2 is 1.96 bits per heavy atom. The van der Waals surface area contributed by atoms with Crippen molar-refractivity contribution >= 4 is 17.5 Å². The summed E-state index contributed by atoms with van der Waals surface area (Å²) >= 11 is 0. The summed E-state index contributed by atoms with van der Waals surface area (Å²) in [5, 5.41) is 9.06. The second kappa shape index (κ2) is 13.4. The summed E-state index contributed by atoms with van der Waals surface area (Å²) in [6.45, 7) is -0.0280. The average molecular weight is 399 g/mol. The lowest BCUT2D eigenvalue weighted by Crippen LogP contribution is -2.22. The van der Waals surface area contributed by atoms with Gasteiger partial charge in [-0.05, 0) is 12.8 Å². The fourth-order valence-corrected chi connectivity index (χ4v) is 2.49. The van der Waals surface area contributed by atoms with Crippen LogP contribution in [0.2, 0.25) is 0 Å². The largest absolute Gasteiger partial charge is 0.469 e. The molecule has 1 rings (SSSR count). The van der Waals surface area contributed by atoms with E-state index in [0.717, 1.165) is 5.69 Å². The molecule has 11 nitrogen and oxygen atoms in total. The minimum absolute atomic E-state index is 0.0346. The lowest BCUT2D eigenvalue weighted by Gasteiger charge is -2.13. The molecule has 1 aromatic heterocycles. The molecule has 1 atom stereocenters. The number of aromatic amines is 1. The quantitative estimate of drug-likeness (QED) is 0.186. The third kappa shape index (κ3) is 10.4. The highest BCUT2D eigenvalue weighted by molar-refractivity contribution is 5.85. The first kappa shape index (κ1) is 23.2. The molecule has 0 aliphatic rings. The fraction of sp³-hybridized carbons (Fsp3) is 0.647. The third-order valence-corrected chi connectivity index (χ3v) is 3.83. The number of imidazole rings is 1. The Balaban J connectivity index is 2.20. The van der Waals surface area contributed by atoms with Gasteiger partial charge in [-0.15, -0.1) is 10.1 Å². The summed E-state index contributed by atoms with van der Waals surface area (Å²) in [5.41, 5.74) is 0.735. The van der Waals surface area contributed by atoms with Crippen molar-refractivity contribution in [3.05, 3.63) is 28.3 Å². The van der Waals surface area contributed by atoms with E-state index in [1.165, 1.54) is 13.4 Å². The standard InChI is InChI=1S/C17H25N3O8/c1-26-17(23)13(8-14-10-18-12-19-14)9-15(21)4-2-5-16(22)11-27-6-3-7-28-20(24)25/h10,12-13H,2-9,11H2,1H3,(H,18,19). The Labute approximate surface area is 161 Å². The Kier molecular flexibility index (Phi) is 11.1. The van der Waals surface area contributed by atoms with Gasteiger partial charge in [-0.2, -0.15) is 0 Å². The number of ketones is 2. The van der Waals surface area contributed by atoms with Gasteiger partial charge in [-0.1, -0.05) is 0 Å². The van der Waals surface area contributed by atoms with Crippen LogP contribution in [-0.4, -0.2) is 59.5 Å². The van der Waals surface area contributed by atoms with Gasteiger partial charge in [0, 0.05) is 44.2 Å². The molecule has 0 aromatic carbocycles. The summed E-state index contributed by atoms with van der Waals surface area (Å²) in [7, 11) is 1.27. The molecule has 0 aliphatic heterocycles. The number of hydrogen-bond acceptors (Lipinski definition) is 9. The second-order valence-electron chi connectivity index (χ2n) is 6.10. The number of methoxy groups -OCH3 is 1. The molecule has 0 fully saturated rings. The van der Waals surface area contributed by atoms with Crippen LogP contribution in [-0.2, 0) is 35.1 Å². The van der Waals surface area contributed by atoms with Crippen molar-refractivity contribution in [3.63, 3.8) is 0 Å². The number of aromatic nitrogens is 2. The molecule has 1 heterocycles. The number of ether oxygens (including phenoxy) is 2. The zero-order chi connectivity index (χ0) is 20.8. The molecule has 28 heavy (non-hydrogen) atoms. The first-order valence-electron chi connectivity index (χ1n) is 8.86. The summed E-state index contributed by atoms with van der Waals surface area (Å²) in [6.07, 6.45) is 4.47. The van der Waals surface area contributed by atoms with Gasteiger partial charge >= 0.3 is 5.97 Å². The number of H-pyrrole nitrogens is 1. The zero-order valence-electron chi connectivity index (χ0n) is 15.8. The fourth-order valence-electron chi connectivity index (χ4n) is 2.49. The normalized spacial score (nSPS) is 11.6. The molecule has 0 saturated carbocycles. The maximum atomic E-state index is 12.1. The Hall–Kier alpha value is -2.82. The van der Waals surface area contributed by atoms with Crippen molar-refractivity contribution in [2.24, 2.45) is 5.92 Å². The molecule has 0 spiro atoms. The van der Waals surface area contributed by atoms with Crippen molar-refractivity contribution in [1.29, 1.82) is 0 Å². The van der Waals surface area contributed by atoms with Gasteiger partial charge in [0.1, 0.15) is 12.4 Å². The number of carbonyl (C=O) groups excluding carboxylic acids is 3. The second-order valence-corrected chi connectivity index (χ2v) is 6.10. The van der Waals surface area contributed by atoms with E-state index in [0.29, 0.717) is 19.3 Å². The van der Waals surface area contributed by atoms with E-state index < -0.39 is 17.0 Å². The van der Waals surface area contributed by atoms with Crippen LogP contribution in [0.25, 0.3) is 0 Å². The highest BCUT2D eigenvalue weighted by Gasteiger charge is 2.23. The van der Waals surface area contributed by atoms with Crippen molar-refractivity contribution in [2.45, 2.75) is 38.5 Å². The van der Waals surface area contributed by atoms with Crippen LogP contribution in [0.15, 0.2) is 12.5 Å². The van der Waals surface area contributed by atoms with Crippen molar-refractivity contribution < 1.29 is 33.8 Å². The van der Waals surface area contributed by atoms with Gasteiger partial charge < -0.3 is 19.3 Å². The SMILES string of the molecule is COC(=O)C(CC(=O)CCCC(=O)COCCCO[N+](=O)[O-])Cc1cnc[nH]1. The van der Waals surface area contributed by atoms with Crippen molar-refractivity contribution in [3.8, 4) is 0 Å². The molecule has 0 aliphatic carbocycles. The summed E-state index contributed by atoms with van der Waals surface area (Å²) in [4.78, 5) is 56.5. The predicted octanol–water partition coefficient (Wildman–Crippen LogP) is 1.05. The van der Waals surface area contributed by atoms with Crippen LogP contribution in [0.5, 0.6) is 0 Å². The molecular formula is C17H25N3O8. The van der Waals surface area contributed by atoms with Crippen LogP contribution in [0.1, 0.15) is 37.8 Å². The molecule has 1 unspecified atom stereocenters. The number of Topliss-reactive ketones (excluding diaryl/α,β-unsaturated/α-hetero) is 2. The number of rotatable bonds is 16. The molecule has 156 valence electrons. The van der Waals surface area contributed by atoms with Gasteiger partial charge in [-0.3, -0.25) is 14.4 Å². The Morgan fingerprint density at radius 1 is 1.21 bits per heavy atom. The molecule has 1 aromatic rings. The summed E-state index contributed by atoms with van der Waals surface area (Å²) < 4.78 is 9.84. The highest BCUT2D eigenvalue weighted by Crippen LogP contribution is 2.15. The van der Waals surface area contributed by atoms with Crippen molar-refractivity contribution in [2.75, 3.05) is 26.9 Å². The van der Waals surface area contributed by atoms with Gasteiger partial charge in [0.2, 0.25) is 0 Å². The van der Waals surface area contributed by atoms with Crippen LogP contribution < -0.4 is 0 Å². The van der Waals surface area contributed by atoms with E-state index >= 15 is 0 Å². The zero-order valence-corrected chi connectivity index (χ0v) is 15.8. The molecule has 0 saturated heterocycles. The molecule has 0 radical (unpaired) electrons. The van der Waals surface area contributed by atoms with Gasteiger partial charge in [0.25, 0.3) is 5.09 Å². The number of nitrogens with zero attached hydrogens (tertiary/aromatic N) is 2. The molecule has 0 amide bonds.